The van der Waals surface area contributed by atoms with Gasteiger partial charge in [0.15, 0.2) is 17.5 Å². The van der Waals surface area contributed by atoms with Crippen LogP contribution in [0.1, 0.15) is 22.6 Å². The molecule has 3 heterocycles. The maximum atomic E-state index is 9.78. The molecular formula is C47H29N7. The molecule has 2 aromatic heterocycles. The van der Waals surface area contributed by atoms with Gasteiger partial charge in [0, 0.05) is 39.1 Å². The molecule has 8 aromatic rings. The molecule has 2 aliphatic rings. The zero-order valence-electron chi connectivity index (χ0n) is 28.9. The summed E-state index contributed by atoms with van der Waals surface area (Å²) in [4.78, 5) is 17.8. The van der Waals surface area contributed by atoms with Crippen molar-refractivity contribution in [1.82, 2.24) is 19.5 Å². The second-order valence-electron chi connectivity index (χ2n) is 13.4. The topological polar surface area (TPSA) is 94.4 Å². The molecule has 0 N–H and O–H groups in total. The van der Waals surface area contributed by atoms with Crippen LogP contribution in [-0.2, 0) is 0 Å². The summed E-state index contributed by atoms with van der Waals surface area (Å²) in [6, 6.07) is 51.2. The van der Waals surface area contributed by atoms with Gasteiger partial charge in [-0.25, -0.2) is 15.0 Å². The standard InChI is InChI=1S/C47H29N7/c48-28-30-12-9-14-32(26-30)45-50-46(33-15-10-13-31(27-33)29-49)52-47(51-45)38-20-11-25-43(53-39-21-5-1-16-34(39)35-17-2-6-22-40(35)53)44(38)54-41-23-7-3-18-36(41)37-19-4-8-24-42(37)54/h1-27,34,39H. The molecule has 2 unspecified atom stereocenters. The first-order chi connectivity index (χ1) is 26.7. The quantitative estimate of drug-likeness (QED) is 0.178. The van der Waals surface area contributed by atoms with E-state index in [1.165, 1.54) is 5.56 Å². The Balaban J connectivity index is 1.32. The Morgan fingerprint density at radius 3 is 1.74 bits per heavy atom. The van der Waals surface area contributed by atoms with Crippen LogP contribution in [0.25, 0.3) is 61.7 Å². The van der Waals surface area contributed by atoms with Gasteiger partial charge in [0.2, 0.25) is 0 Å². The van der Waals surface area contributed by atoms with Gasteiger partial charge in [-0.05, 0) is 60.2 Å². The summed E-state index contributed by atoms with van der Waals surface area (Å²) in [7, 11) is 0. The Kier molecular flexibility index (Phi) is 7.24. The highest BCUT2D eigenvalue weighted by Crippen LogP contribution is 2.51. The molecule has 10 rings (SSSR count). The smallest absolute Gasteiger partial charge is 0.166 e. The lowest BCUT2D eigenvalue weighted by atomic mass is 9.91. The molecular weight excluding hydrogens is 663 g/mol. The van der Waals surface area contributed by atoms with Crippen molar-refractivity contribution in [3.05, 3.63) is 181 Å². The van der Waals surface area contributed by atoms with Crippen LogP contribution in [0.3, 0.4) is 0 Å². The maximum Gasteiger partial charge on any atom is 0.166 e. The summed E-state index contributed by atoms with van der Waals surface area (Å²) < 4.78 is 2.35. The van der Waals surface area contributed by atoms with Gasteiger partial charge in [-0.2, -0.15) is 10.5 Å². The van der Waals surface area contributed by atoms with Crippen LogP contribution >= 0.6 is 0 Å². The maximum absolute atomic E-state index is 9.78. The third-order valence-electron chi connectivity index (χ3n) is 10.4. The normalized spacial score (nSPS) is 15.6. The molecule has 252 valence electrons. The first kappa shape index (κ1) is 31.2. The molecule has 7 nitrogen and oxygen atoms in total. The van der Waals surface area contributed by atoms with E-state index in [0.29, 0.717) is 39.7 Å². The van der Waals surface area contributed by atoms with Gasteiger partial charge >= 0.3 is 0 Å². The summed E-state index contributed by atoms with van der Waals surface area (Å²) in [5.74, 6) is 1.53. The van der Waals surface area contributed by atoms with Crippen LogP contribution in [-0.4, -0.2) is 25.6 Å². The van der Waals surface area contributed by atoms with Gasteiger partial charge in [0.05, 0.1) is 51.7 Å². The van der Waals surface area contributed by atoms with Crippen molar-refractivity contribution >= 4 is 33.2 Å². The molecule has 0 fully saturated rings. The first-order valence-electron chi connectivity index (χ1n) is 17.8. The van der Waals surface area contributed by atoms with E-state index < -0.39 is 0 Å². The minimum atomic E-state index is 0.0569. The van der Waals surface area contributed by atoms with E-state index in [2.05, 4.69) is 137 Å². The highest BCUT2D eigenvalue weighted by atomic mass is 15.2. The summed E-state index contributed by atoms with van der Waals surface area (Å²) in [5, 5.41) is 21.9. The van der Waals surface area contributed by atoms with Crippen molar-refractivity contribution in [1.29, 1.82) is 10.5 Å². The van der Waals surface area contributed by atoms with E-state index in [1.54, 1.807) is 24.3 Å². The molecule has 1 aliphatic heterocycles. The summed E-state index contributed by atoms with van der Waals surface area (Å²) in [5.41, 5.74) is 9.73. The van der Waals surface area contributed by atoms with Crippen molar-refractivity contribution in [2.75, 3.05) is 4.90 Å². The van der Waals surface area contributed by atoms with Crippen LogP contribution in [0, 0.1) is 22.7 Å². The molecule has 0 bridgehead atoms. The number of para-hydroxylation sites is 4. The van der Waals surface area contributed by atoms with Crippen molar-refractivity contribution in [2.45, 2.75) is 12.0 Å². The van der Waals surface area contributed by atoms with E-state index in [-0.39, 0.29) is 12.0 Å². The van der Waals surface area contributed by atoms with Gasteiger partial charge in [-0.15, -0.1) is 0 Å². The lowest BCUT2D eigenvalue weighted by Crippen LogP contribution is -2.29. The van der Waals surface area contributed by atoms with Gasteiger partial charge in [0.1, 0.15) is 0 Å². The Labute approximate surface area is 311 Å². The van der Waals surface area contributed by atoms with Crippen LogP contribution in [0.4, 0.5) is 11.4 Å². The zero-order valence-corrected chi connectivity index (χ0v) is 28.9. The van der Waals surface area contributed by atoms with E-state index in [0.717, 1.165) is 44.4 Å². The van der Waals surface area contributed by atoms with E-state index in [9.17, 15) is 10.5 Å². The third kappa shape index (κ3) is 4.92. The predicted molar refractivity (Wildman–Crippen MR) is 213 cm³/mol. The van der Waals surface area contributed by atoms with Crippen molar-refractivity contribution in [3.8, 4) is 52.0 Å². The van der Waals surface area contributed by atoms with Crippen molar-refractivity contribution < 1.29 is 0 Å². The molecule has 1 aliphatic carbocycles. The van der Waals surface area contributed by atoms with Crippen LogP contribution in [0.2, 0.25) is 0 Å². The second kappa shape index (κ2) is 12.6. The first-order valence-corrected chi connectivity index (χ1v) is 17.8. The molecule has 2 atom stereocenters. The minimum absolute atomic E-state index is 0.0569. The third-order valence-corrected chi connectivity index (χ3v) is 10.4. The Morgan fingerprint density at radius 1 is 0.519 bits per heavy atom. The van der Waals surface area contributed by atoms with Gasteiger partial charge in [-0.3, -0.25) is 0 Å². The number of benzene rings is 6. The molecule has 0 saturated carbocycles. The molecule has 7 heteroatoms. The molecule has 0 saturated heterocycles. The van der Waals surface area contributed by atoms with E-state index in [1.807, 2.05) is 24.3 Å². The zero-order chi connectivity index (χ0) is 36.2. The van der Waals surface area contributed by atoms with Crippen molar-refractivity contribution in [3.63, 3.8) is 0 Å². The number of allylic oxidation sites excluding steroid dienone is 2. The predicted octanol–water partition coefficient (Wildman–Crippen LogP) is 10.4. The molecule has 54 heavy (non-hydrogen) atoms. The fraction of sp³-hybridized carbons (Fsp3) is 0.0426. The SMILES string of the molecule is N#Cc1cccc(-c2nc(-c3cccc(C#N)c3)nc(-c3cccc(N4c5ccccc5C5C=CC=CC54)c3-n3c4ccccc4c4ccccc43)n2)c1. The number of hydrogen-bond acceptors (Lipinski definition) is 6. The second-order valence-corrected chi connectivity index (χ2v) is 13.4. The minimum Gasteiger partial charge on any atom is -0.332 e. The van der Waals surface area contributed by atoms with Crippen LogP contribution in [0.15, 0.2) is 164 Å². The Morgan fingerprint density at radius 2 is 1.07 bits per heavy atom. The fourth-order valence-electron chi connectivity index (χ4n) is 8.08. The summed E-state index contributed by atoms with van der Waals surface area (Å²) >= 11 is 0. The Bertz CT molecular complexity index is 2830. The summed E-state index contributed by atoms with van der Waals surface area (Å²) in [6.45, 7) is 0. The number of nitrogens with zero attached hydrogens (tertiary/aromatic N) is 7. The average molecular weight is 692 g/mol. The van der Waals surface area contributed by atoms with Crippen LogP contribution in [0.5, 0.6) is 0 Å². The summed E-state index contributed by atoms with van der Waals surface area (Å²) in [6.07, 6.45) is 8.86. The lowest BCUT2D eigenvalue weighted by Gasteiger charge is -2.31. The van der Waals surface area contributed by atoms with Crippen LogP contribution < -0.4 is 4.90 Å². The molecule has 0 amide bonds. The number of aromatic nitrogens is 4. The Hall–Kier alpha value is -7.61. The molecule has 0 spiro atoms. The largest absolute Gasteiger partial charge is 0.332 e. The lowest BCUT2D eigenvalue weighted by molar-refractivity contribution is 0.743. The van der Waals surface area contributed by atoms with Gasteiger partial charge in [-0.1, -0.05) is 109 Å². The van der Waals surface area contributed by atoms with E-state index >= 15 is 0 Å². The average Bonchev–Trinajstić information content (AvgIpc) is 3.76. The highest BCUT2D eigenvalue weighted by molar-refractivity contribution is 6.10. The number of hydrogen-bond donors (Lipinski definition) is 0. The number of fused-ring (bicyclic) bond motifs is 6. The highest BCUT2D eigenvalue weighted by Gasteiger charge is 2.39. The monoisotopic (exact) mass is 691 g/mol. The fourth-order valence-corrected chi connectivity index (χ4v) is 8.08. The molecule has 6 aromatic carbocycles. The molecule has 0 radical (unpaired) electrons. The number of anilines is 2. The number of rotatable bonds is 5. The van der Waals surface area contributed by atoms with Gasteiger partial charge < -0.3 is 9.47 Å². The van der Waals surface area contributed by atoms with Crippen molar-refractivity contribution in [2.24, 2.45) is 0 Å². The number of nitriles is 2. The van der Waals surface area contributed by atoms with E-state index in [4.69, 9.17) is 15.0 Å². The van der Waals surface area contributed by atoms with Gasteiger partial charge in [0.25, 0.3) is 0 Å².